The number of benzene rings is 1. The maximum Gasteiger partial charge on any atom is 0.315 e. The molecule has 2 rings (SSSR count). The van der Waals surface area contributed by atoms with Gasteiger partial charge in [0, 0.05) is 13.1 Å². The first-order valence-electron chi connectivity index (χ1n) is 7.24. The summed E-state index contributed by atoms with van der Waals surface area (Å²) in [7, 11) is 1.70. The molecule has 1 aromatic rings. The molecule has 0 saturated heterocycles. The van der Waals surface area contributed by atoms with Gasteiger partial charge >= 0.3 is 5.69 Å². The Morgan fingerprint density at radius 2 is 1.90 bits per heavy atom. The van der Waals surface area contributed by atoms with Gasteiger partial charge < -0.3 is 10.6 Å². The molecule has 110 valence electrons. The number of nitro groups is 1. The van der Waals surface area contributed by atoms with Crippen LogP contribution < -0.4 is 10.6 Å². The Balaban J connectivity index is 2.19. The van der Waals surface area contributed by atoms with Gasteiger partial charge in [-0.1, -0.05) is 19.9 Å². The number of nitro benzene ring substituents is 1. The van der Waals surface area contributed by atoms with Crippen LogP contribution in [0.25, 0.3) is 0 Å². The maximum absolute atomic E-state index is 11.3. The molecule has 2 N–H and O–H groups in total. The van der Waals surface area contributed by atoms with E-state index in [9.17, 15) is 10.1 Å². The highest BCUT2D eigenvalue weighted by Gasteiger charge is 2.27. The lowest BCUT2D eigenvalue weighted by Crippen LogP contribution is -2.30. The van der Waals surface area contributed by atoms with Crippen LogP contribution in [0.5, 0.6) is 0 Å². The standard InChI is InChI=1S/C15H23N3O2/c1-10-7-8-12(9-11(10)2)17-14-6-4-5-13(16-3)15(14)18(19)20/h4-6,10-12,16-17H,7-9H2,1-3H3. The molecule has 1 aliphatic rings. The van der Waals surface area contributed by atoms with Gasteiger partial charge in [-0.05, 0) is 43.2 Å². The Labute approximate surface area is 119 Å². The van der Waals surface area contributed by atoms with Crippen molar-refractivity contribution in [2.24, 2.45) is 11.8 Å². The van der Waals surface area contributed by atoms with E-state index in [2.05, 4.69) is 24.5 Å². The lowest BCUT2D eigenvalue weighted by molar-refractivity contribution is -0.383. The zero-order valence-corrected chi connectivity index (χ0v) is 12.3. The second kappa shape index (κ2) is 6.11. The van der Waals surface area contributed by atoms with Gasteiger partial charge in [0.25, 0.3) is 0 Å². The zero-order chi connectivity index (χ0) is 14.7. The molecule has 3 atom stereocenters. The van der Waals surface area contributed by atoms with Gasteiger partial charge in [-0.15, -0.1) is 0 Å². The topological polar surface area (TPSA) is 67.2 Å². The first-order valence-corrected chi connectivity index (χ1v) is 7.24. The summed E-state index contributed by atoms with van der Waals surface area (Å²) in [4.78, 5) is 11.0. The van der Waals surface area contributed by atoms with E-state index < -0.39 is 0 Å². The van der Waals surface area contributed by atoms with Crippen molar-refractivity contribution in [3.8, 4) is 0 Å². The summed E-state index contributed by atoms with van der Waals surface area (Å²) < 4.78 is 0. The van der Waals surface area contributed by atoms with Gasteiger partial charge in [0.1, 0.15) is 11.4 Å². The summed E-state index contributed by atoms with van der Waals surface area (Å²) >= 11 is 0. The molecule has 0 bridgehead atoms. The zero-order valence-electron chi connectivity index (χ0n) is 12.3. The minimum absolute atomic E-state index is 0.140. The van der Waals surface area contributed by atoms with E-state index in [-0.39, 0.29) is 10.6 Å². The minimum atomic E-state index is -0.316. The van der Waals surface area contributed by atoms with Crippen LogP contribution in [0.4, 0.5) is 17.1 Å². The Bertz CT molecular complexity index is 490. The first-order chi connectivity index (χ1) is 9.52. The van der Waals surface area contributed by atoms with Crippen LogP contribution >= 0.6 is 0 Å². The first kappa shape index (κ1) is 14.6. The molecule has 0 amide bonds. The lowest BCUT2D eigenvalue weighted by Gasteiger charge is -2.33. The van der Waals surface area contributed by atoms with Gasteiger partial charge in [0.05, 0.1) is 4.92 Å². The molecule has 5 heteroatoms. The average Bonchev–Trinajstić information content (AvgIpc) is 2.42. The Hall–Kier alpha value is -1.78. The predicted octanol–water partition coefficient (Wildman–Crippen LogP) is 3.87. The largest absolute Gasteiger partial charge is 0.382 e. The predicted molar refractivity (Wildman–Crippen MR) is 82.2 cm³/mol. The van der Waals surface area contributed by atoms with Gasteiger partial charge in [-0.25, -0.2) is 0 Å². The summed E-state index contributed by atoms with van der Waals surface area (Å²) in [5.41, 5.74) is 1.31. The quantitative estimate of drug-likeness (QED) is 0.647. The second-order valence-electron chi connectivity index (χ2n) is 5.82. The molecule has 0 aliphatic heterocycles. The molecule has 1 aliphatic carbocycles. The summed E-state index contributed by atoms with van der Waals surface area (Å²) in [6, 6.07) is 5.69. The molecule has 0 radical (unpaired) electrons. The molecule has 0 heterocycles. The molecule has 5 nitrogen and oxygen atoms in total. The van der Waals surface area contributed by atoms with E-state index in [0.29, 0.717) is 23.3 Å². The van der Waals surface area contributed by atoms with Crippen LogP contribution in [0, 0.1) is 22.0 Å². The van der Waals surface area contributed by atoms with Crippen molar-refractivity contribution in [2.75, 3.05) is 17.7 Å². The van der Waals surface area contributed by atoms with Crippen LogP contribution in [-0.4, -0.2) is 18.0 Å². The second-order valence-corrected chi connectivity index (χ2v) is 5.82. The fourth-order valence-corrected chi connectivity index (χ4v) is 2.96. The molecule has 20 heavy (non-hydrogen) atoms. The highest BCUT2D eigenvalue weighted by atomic mass is 16.6. The van der Waals surface area contributed by atoms with Crippen molar-refractivity contribution in [3.05, 3.63) is 28.3 Å². The summed E-state index contributed by atoms with van der Waals surface area (Å²) in [5.74, 6) is 1.40. The Kier molecular flexibility index (Phi) is 4.47. The van der Waals surface area contributed by atoms with Crippen LogP contribution in [-0.2, 0) is 0 Å². The minimum Gasteiger partial charge on any atom is -0.382 e. The summed E-state index contributed by atoms with van der Waals surface area (Å²) in [5, 5.41) is 17.5. The highest BCUT2D eigenvalue weighted by Crippen LogP contribution is 2.36. The number of para-hydroxylation sites is 1. The average molecular weight is 277 g/mol. The van der Waals surface area contributed by atoms with E-state index in [1.165, 1.54) is 6.42 Å². The van der Waals surface area contributed by atoms with Crippen LogP contribution in [0.3, 0.4) is 0 Å². The van der Waals surface area contributed by atoms with E-state index in [4.69, 9.17) is 0 Å². The number of nitrogens with one attached hydrogen (secondary N) is 2. The van der Waals surface area contributed by atoms with Gasteiger partial charge in [-0.3, -0.25) is 10.1 Å². The number of anilines is 2. The number of rotatable bonds is 4. The Morgan fingerprint density at radius 1 is 1.20 bits per heavy atom. The molecular weight excluding hydrogens is 254 g/mol. The van der Waals surface area contributed by atoms with Crippen LogP contribution in [0.1, 0.15) is 33.1 Å². The summed E-state index contributed by atoms with van der Waals surface area (Å²) in [6.07, 6.45) is 3.33. The molecule has 1 fully saturated rings. The molecule has 0 aromatic heterocycles. The highest BCUT2D eigenvalue weighted by molar-refractivity contribution is 5.76. The Morgan fingerprint density at radius 3 is 2.50 bits per heavy atom. The van der Waals surface area contributed by atoms with Gasteiger partial charge in [0.15, 0.2) is 0 Å². The normalized spacial score (nSPS) is 26.1. The van der Waals surface area contributed by atoms with E-state index >= 15 is 0 Å². The molecule has 1 saturated carbocycles. The van der Waals surface area contributed by atoms with Gasteiger partial charge in [0.2, 0.25) is 0 Å². The van der Waals surface area contributed by atoms with Crippen molar-refractivity contribution in [1.82, 2.24) is 0 Å². The molecular formula is C15H23N3O2. The third-order valence-electron chi connectivity index (χ3n) is 4.45. The van der Waals surface area contributed by atoms with E-state index in [1.54, 1.807) is 19.2 Å². The van der Waals surface area contributed by atoms with E-state index in [0.717, 1.165) is 18.8 Å². The third kappa shape index (κ3) is 3.03. The fourth-order valence-electron chi connectivity index (χ4n) is 2.96. The van der Waals surface area contributed by atoms with Crippen LogP contribution in [0.15, 0.2) is 18.2 Å². The van der Waals surface area contributed by atoms with E-state index in [1.807, 2.05) is 6.07 Å². The number of hydrogen-bond donors (Lipinski definition) is 2. The van der Waals surface area contributed by atoms with Gasteiger partial charge in [-0.2, -0.15) is 0 Å². The smallest absolute Gasteiger partial charge is 0.315 e. The van der Waals surface area contributed by atoms with Crippen molar-refractivity contribution in [3.63, 3.8) is 0 Å². The van der Waals surface area contributed by atoms with Crippen molar-refractivity contribution in [1.29, 1.82) is 0 Å². The number of nitrogens with zero attached hydrogens (tertiary/aromatic N) is 1. The maximum atomic E-state index is 11.3. The fraction of sp³-hybridized carbons (Fsp3) is 0.600. The summed E-state index contributed by atoms with van der Waals surface area (Å²) in [6.45, 7) is 4.54. The molecule has 1 aromatic carbocycles. The van der Waals surface area contributed by atoms with Crippen molar-refractivity contribution >= 4 is 17.1 Å². The van der Waals surface area contributed by atoms with Crippen LogP contribution in [0.2, 0.25) is 0 Å². The molecule has 3 unspecified atom stereocenters. The number of hydrogen-bond acceptors (Lipinski definition) is 4. The lowest BCUT2D eigenvalue weighted by atomic mass is 9.79. The SMILES string of the molecule is CNc1cccc(NC2CCC(C)C(C)C2)c1[N+](=O)[O-]. The third-order valence-corrected chi connectivity index (χ3v) is 4.45. The van der Waals surface area contributed by atoms with Crippen molar-refractivity contribution < 1.29 is 4.92 Å². The molecule has 0 spiro atoms. The monoisotopic (exact) mass is 277 g/mol. The van der Waals surface area contributed by atoms with Crippen molar-refractivity contribution in [2.45, 2.75) is 39.2 Å².